The molecule has 1 aromatic heterocycles. The Morgan fingerprint density at radius 1 is 1.53 bits per heavy atom. The maximum absolute atomic E-state index is 5.55. The summed E-state index contributed by atoms with van der Waals surface area (Å²) in [4.78, 5) is 7.92. The molecule has 0 bridgehead atoms. The smallest absolute Gasteiger partial charge is 0.131 e. The molecule has 0 amide bonds. The molecule has 5 nitrogen and oxygen atoms in total. The lowest BCUT2D eigenvalue weighted by Gasteiger charge is -2.22. The van der Waals surface area contributed by atoms with Crippen molar-refractivity contribution in [2.45, 2.75) is 12.8 Å². The van der Waals surface area contributed by atoms with E-state index in [-0.39, 0.29) is 0 Å². The number of rotatable bonds is 3. The summed E-state index contributed by atoms with van der Waals surface area (Å²) >= 11 is 0. The number of hydrogen-bond acceptors (Lipinski definition) is 5. The second-order valence-corrected chi connectivity index (χ2v) is 3.79. The normalized spacial score (nSPS) is 21.2. The molecule has 82 valence electrons. The van der Waals surface area contributed by atoms with E-state index in [1.807, 2.05) is 0 Å². The van der Waals surface area contributed by atoms with Gasteiger partial charge in [-0.2, -0.15) is 0 Å². The molecule has 2 heterocycles. The molecule has 0 aliphatic carbocycles. The van der Waals surface area contributed by atoms with Crippen LogP contribution in [0.15, 0.2) is 12.4 Å². The Morgan fingerprint density at radius 3 is 3.20 bits per heavy atom. The van der Waals surface area contributed by atoms with Crippen LogP contribution in [0, 0.1) is 5.92 Å². The number of nitrogens with one attached hydrogen (secondary N) is 1. The quantitative estimate of drug-likeness (QED) is 0.772. The van der Waals surface area contributed by atoms with Crippen LogP contribution in [-0.2, 0) is 4.74 Å². The van der Waals surface area contributed by atoms with Gasteiger partial charge in [-0.15, -0.1) is 0 Å². The molecule has 0 saturated carbocycles. The average Bonchev–Trinajstić information content (AvgIpc) is 2.28. The molecule has 3 N–H and O–H groups in total. The second kappa shape index (κ2) is 4.93. The van der Waals surface area contributed by atoms with E-state index in [4.69, 9.17) is 10.5 Å². The number of nitrogens with two attached hydrogens (primary N) is 1. The Morgan fingerprint density at radius 2 is 2.47 bits per heavy atom. The Labute approximate surface area is 89.1 Å². The average molecular weight is 208 g/mol. The van der Waals surface area contributed by atoms with Crippen LogP contribution in [0.2, 0.25) is 0 Å². The van der Waals surface area contributed by atoms with Crippen molar-refractivity contribution in [3.63, 3.8) is 0 Å². The number of anilines is 2. The lowest BCUT2D eigenvalue weighted by atomic mass is 10.0. The summed E-state index contributed by atoms with van der Waals surface area (Å²) in [7, 11) is 0. The highest BCUT2D eigenvalue weighted by Crippen LogP contribution is 2.14. The van der Waals surface area contributed by atoms with E-state index in [0.29, 0.717) is 11.7 Å². The first-order chi connectivity index (χ1) is 7.34. The molecule has 0 spiro atoms. The summed E-state index contributed by atoms with van der Waals surface area (Å²) in [6, 6.07) is 1.74. The van der Waals surface area contributed by atoms with Crippen LogP contribution in [0.25, 0.3) is 0 Å². The highest BCUT2D eigenvalue weighted by molar-refractivity contribution is 5.43. The molecule has 15 heavy (non-hydrogen) atoms. The topological polar surface area (TPSA) is 73.1 Å². The van der Waals surface area contributed by atoms with Crippen LogP contribution >= 0.6 is 0 Å². The van der Waals surface area contributed by atoms with Crippen molar-refractivity contribution in [2.24, 2.45) is 5.92 Å². The van der Waals surface area contributed by atoms with Crippen molar-refractivity contribution < 1.29 is 4.74 Å². The number of ether oxygens (including phenoxy) is 1. The molecule has 5 heteroatoms. The number of nitrogen functional groups attached to an aromatic ring is 1. The minimum Gasteiger partial charge on any atom is -0.384 e. The van der Waals surface area contributed by atoms with Crippen molar-refractivity contribution >= 4 is 11.6 Å². The highest BCUT2D eigenvalue weighted by Gasteiger charge is 2.13. The van der Waals surface area contributed by atoms with E-state index in [9.17, 15) is 0 Å². The van der Waals surface area contributed by atoms with Crippen molar-refractivity contribution in [3.05, 3.63) is 12.4 Å². The summed E-state index contributed by atoms with van der Waals surface area (Å²) in [5.74, 6) is 1.86. The summed E-state index contributed by atoms with van der Waals surface area (Å²) in [5, 5.41) is 3.24. The summed E-state index contributed by atoms with van der Waals surface area (Å²) < 4.78 is 5.40. The molecule has 2 rings (SSSR count). The predicted octanol–water partition coefficient (Wildman–Crippen LogP) is 0.897. The van der Waals surface area contributed by atoms with Gasteiger partial charge in [0.25, 0.3) is 0 Å². The zero-order valence-electron chi connectivity index (χ0n) is 8.65. The fourth-order valence-electron chi connectivity index (χ4n) is 1.69. The predicted molar refractivity (Wildman–Crippen MR) is 58.5 cm³/mol. The molecule has 0 aromatic carbocycles. The van der Waals surface area contributed by atoms with Gasteiger partial charge in [-0.1, -0.05) is 0 Å². The van der Waals surface area contributed by atoms with Crippen molar-refractivity contribution in [2.75, 3.05) is 30.8 Å². The van der Waals surface area contributed by atoms with Gasteiger partial charge in [-0.05, 0) is 18.8 Å². The molecular formula is C10H16N4O. The summed E-state index contributed by atoms with van der Waals surface area (Å²) in [6.07, 6.45) is 3.83. The fraction of sp³-hybridized carbons (Fsp3) is 0.600. The monoisotopic (exact) mass is 208 g/mol. The van der Waals surface area contributed by atoms with Crippen LogP contribution in [0.3, 0.4) is 0 Å². The maximum atomic E-state index is 5.55. The Kier molecular flexibility index (Phi) is 3.34. The number of hydrogen-bond donors (Lipinski definition) is 2. The number of nitrogens with zero attached hydrogens (tertiary/aromatic N) is 2. The molecule has 1 unspecified atom stereocenters. The Bertz CT molecular complexity index is 312. The molecule has 1 fully saturated rings. The first-order valence-corrected chi connectivity index (χ1v) is 5.24. The first kappa shape index (κ1) is 10.2. The zero-order valence-corrected chi connectivity index (χ0v) is 8.65. The minimum atomic E-state index is 0.493. The van der Waals surface area contributed by atoms with Crippen LogP contribution in [0.5, 0.6) is 0 Å². The van der Waals surface area contributed by atoms with Gasteiger partial charge in [-0.25, -0.2) is 9.97 Å². The Balaban J connectivity index is 1.81. The van der Waals surface area contributed by atoms with Crippen LogP contribution in [0.4, 0.5) is 11.6 Å². The zero-order chi connectivity index (χ0) is 10.5. The third-order valence-electron chi connectivity index (χ3n) is 2.51. The van der Waals surface area contributed by atoms with Gasteiger partial charge in [0.05, 0.1) is 6.61 Å². The van der Waals surface area contributed by atoms with Gasteiger partial charge in [0.2, 0.25) is 0 Å². The maximum Gasteiger partial charge on any atom is 0.131 e. The molecular weight excluding hydrogens is 192 g/mol. The van der Waals surface area contributed by atoms with Crippen molar-refractivity contribution in [3.8, 4) is 0 Å². The molecule has 1 atom stereocenters. The van der Waals surface area contributed by atoms with Gasteiger partial charge >= 0.3 is 0 Å². The fourth-order valence-corrected chi connectivity index (χ4v) is 1.69. The van der Waals surface area contributed by atoms with Crippen LogP contribution in [0.1, 0.15) is 12.8 Å². The number of aromatic nitrogens is 2. The lowest BCUT2D eigenvalue weighted by molar-refractivity contribution is 0.0595. The SMILES string of the molecule is Nc1cc(NCC2CCCOC2)ncn1. The van der Waals surface area contributed by atoms with Crippen molar-refractivity contribution in [1.29, 1.82) is 0 Å². The minimum absolute atomic E-state index is 0.493. The van der Waals surface area contributed by atoms with E-state index >= 15 is 0 Å². The standard InChI is InChI=1S/C10H16N4O/c11-9-4-10(14-7-13-9)12-5-8-2-1-3-15-6-8/h4,7-8H,1-3,5-6H2,(H3,11,12,13,14). The van der Waals surface area contributed by atoms with Crippen LogP contribution in [-0.4, -0.2) is 29.7 Å². The largest absolute Gasteiger partial charge is 0.384 e. The van der Waals surface area contributed by atoms with Crippen LogP contribution < -0.4 is 11.1 Å². The van der Waals surface area contributed by atoms with E-state index in [1.54, 1.807) is 6.07 Å². The van der Waals surface area contributed by atoms with Gasteiger partial charge in [-0.3, -0.25) is 0 Å². The molecule has 0 radical (unpaired) electrons. The van der Waals surface area contributed by atoms with Gasteiger partial charge < -0.3 is 15.8 Å². The summed E-state index contributed by atoms with van der Waals surface area (Å²) in [5.41, 5.74) is 5.55. The lowest BCUT2D eigenvalue weighted by Crippen LogP contribution is -2.24. The molecule has 1 aliphatic rings. The highest BCUT2D eigenvalue weighted by atomic mass is 16.5. The van der Waals surface area contributed by atoms with E-state index in [1.165, 1.54) is 12.7 Å². The second-order valence-electron chi connectivity index (χ2n) is 3.79. The first-order valence-electron chi connectivity index (χ1n) is 5.24. The Hall–Kier alpha value is -1.36. The van der Waals surface area contributed by atoms with Gasteiger partial charge in [0.1, 0.15) is 18.0 Å². The third-order valence-corrected chi connectivity index (χ3v) is 2.51. The molecule has 1 saturated heterocycles. The molecule has 1 aromatic rings. The summed E-state index contributed by atoms with van der Waals surface area (Å²) in [6.45, 7) is 2.63. The van der Waals surface area contributed by atoms with E-state index in [2.05, 4.69) is 15.3 Å². The van der Waals surface area contributed by atoms with Gasteiger partial charge in [0, 0.05) is 19.2 Å². The van der Waals surface area contributed by atoms with Crippen molar-refractivity contribution in [1.82, 2.24) is 9.97 Å². The molecule has 1 aliphatic heterocycles. The van der Waals surface area contributed by atoms with E-state index in [0.717, 1.165) is 32.0 Å². The van der Waals surface area contributed by atoms with E-state index < -0.39 is 0 Å². The van der Waals surface area contributed by atoms with Gasteiger partial charge in [0.15, 0.2) is 0 Å². The third kappa shape index (κ3) is 3.06.